The fraction of sp³-hybridized carbons (Fsp3) is 0.188. The molecule has 25 heavy (non-hydrogen) atoms. The van der Waals surface area contributed by atoms with Crippen LogP contribution in [0.15, 0.2) is 41.3 Å². The highest BCUT2D eigenvalue weighted by molar-refractivity contribution is 7.91. The molecule has 0 spiro atoms. The zero-order valence-corrected chi connectivity index (χ0v) is 16.1. The molecule has 0 atom stereocenters. The smallest absolute Gasteiger partial charge is 0.411 e. The second-order valence-electron chi connectivity index (χ2n) is 5.14. The lowest BCUT2D eigenvalue weighted by Crippen LogP contribution is -2.19. The molecule has 0 bridgehead atoms. The standard InChI is InChI=1S/C16H14Cl3NO4S/c1-10-2-4-11(5-3-10)20-16(21)24-6-7-25(22,23)15-9-13(18)12(17)8-14(15)19/h2-5,8-9H,6-7H2,1H3,(H,20,21). The lowest BCUT2D eigenvalue weighted by molar-refractivity contribution is 0.168. The van der Waals surface area contributed by atoms with E-state index in [1.54, 1.807) is 12.1 Å². The average Bonchev–Trinajstić information content (AvgIpc) is 2.52. The molecule has 134 valence electrons. The number of amides is 1. The molecule has 0 unspecified atom stereocenters. The van der Waals surface area contributed by atoms with Gasteiger partial charge in [0.25, 0.3) is 0 Å². The Kier molecular flexibility index (Phi) is 6.57. The van der Waals surface area contributed by atoms with Crippen LogP contribution < -0.4 is 5.32 Å². The van der Waals surface area contributed by atoms with Crippen LogP contribution in [0.25, 0.3) is 0 Å². The van der Waals surface area contributed by atoms with Crippen molar-refractivity contribution in [2.45, 2.75) is 11.8 Å². The summed E-state index contributed by atoms with van der Waals surface area (Å²) >= 11 is 17.5. The number of benzene rings is 2. The molecule has 5 nitrogen and oxygen atoms in total. The molecule has 0 aliphatic heterocycles. The first kappa shape index (κ1) is 19.8. The first-order chi connectivity index (χ1) is 11.7. The summed E-state index contributed by atoms with van der Waals surface area (Å²) in [5.74, 6) is -0.438. The van der Waals surface area contributed by atoms with Gasteiger partial charge < -0.3 is 4.74 Å². The number of anilines is 1. The van der Waals surface area contributed by atoms with Crippen LogP contribution in [0.5, 0.6) is 0 Å². The monoisotopic (exact) mass is 421 g/mol. The van der Waals surface area contributed by atoms with Crippen molar-refractivity contribution in [2.75, 3.05) is 17.7 Å². The number of rotatable bonds is 5. The van der Waals surface area contributed by atoms with Crippen LogP contribution in [0, 0.1) is 6.92 Å². The predicted octanol–water partition coefficient (Wildman–Crippen LogP) is 4.98. The Balaban J connectivity index is 1.95. The molecule has 1 amide bonds. The zero-order chi connectivity index (χ0) is 18.6. The van der Waals surface area contributed by atoms with Gasteiger partial charge in [0.05, 0.1) is 25.7 Å². The molecule has 1 N–H and O–H groups in total. The Morgan fingerprint density at radius 3 is 2.28 bits per heavy atom. The highest BCUT2D eigenvalue weighted by atomic mass is 35.5. The van der Waals surface area contributed by atoms with Crippen LogP contribution in [0.2, 0.25) is 15.1 Å². The van der Waals surface area contributed by atoms with Crippen LogP contribution in [0.3, 0.4) is 0 Å². The molecular formula is C16H14Cl3NO4S. The molecular weight excluding hydrogens is 409 g/mol. The van der Waals surface area contributed by atoms with Crippen molar-refractivity contribution in [2.24, 2.45) is 0 Å². The number of ether oxygens (including phenoxy) is 1. The third kappa shape index (κ3) is 5.51. The third-order valence-electron chi connectivity index (χ3n) is 3.19. The molecule has 0 aliphatic carbocycles. The van der Waals surface area contributed by atoms with E-state index in [1.807, 2.05) is 19.1 Å². The minimum Gasteiger partial charge on any atom is -0.448 e. The van der Waals surface area contributed by atoms with Gasteiger partial charge in [-0.15, -0.1) is 0 Å². The average molecular weight is 423 g/mol. The van der Waals surface area contributed by atoms with Gasteiger partial charge in [0.15, 0.2) is 9.84 Å². The van der Waals surface area contributed by atoms with E-state index in [2.05, 4.69) is 5.32 Å². The van der Waals surface area contributed by atoms with Crippen LogP contribution in [0.1, 0.15) is 5.56 Å². The van der Waals surface area contributed by atoms with Gasteiger partial charge in [-0.25, -0.2) is 13.2 Å². The van der Waals surface area contributed by atoms with E-state index in [1.165, 1.54) is 12.1 Å². The van der Waals surface area contributed by atoms with E-state index in [4.69, 9.17) is 39.5 Å². The van der Waals surface area contributed by atoms with Gasteiger partial charge in [-0.2, -0.15) is 0 Å². The topological polar surface area (TPSA) is 72.5 Å². The zero-order valence-electron chi connectivity index (χ0n) is 13.1. The molecule has 0 radical (unpaired) electrons. The number of hydrogen-bond acceptors (Lipinski definition) is 4. The molecule has 2 aromatic rings. The predicted molar refractivity (Wildman–Crippen MR) is 99.7 cm³/mol. The molecule has 0 fully saturated rings. The highest BCUT2D eigenvalue weighted by Crippen LogP contribution is 2.32. The Labute approximate surface area is 160 Å². The largest absolute Gasteiger partial charge is 0.448 e. The van der Waals surface area contributed by atoms with Crippen molar-refractivity contribution < 1.29 is 17.9 Å². The van der Waals surface area contributed by atoms with E-state index < -0.39 is 21.7 Å². The van der Waals surface area contributed by atoms with Gasteiger partial charge in [0, 0.05) is 5.69 Å². The molecule has 9 heteroatoms. The summed E-state index contributed by atoms with van der Waals surface area (Å²) in [6.07, 6.45) is -0.751. The second kappa shape index (κ2) is 8.27. The van der Waals surface area contributed by atoms with Crippen LogP contribution in [-0.4, -0.2) is 26.9 Å². The van der Waals surface area contributed by atoms with Crippen molar-refractivity contribution in [1.82, 2.24) is 0 Å². The van der Waals surface area contributed by atoms with Crippen molar-refractivity contribution >= 4 is 56.4 Å². The number of aryl methyl sites for hydroxylation is 1. The van der Waals surface area contributed by atoms with E-state index in [9.17, 15) is 13.2 Å². The Hall–Kier alpha value is -1.47. The first-order valence-corrected chi connectivity index (χ1v) is 9.85. The summed E-state index contributed by atoms with van der Waals surface area (Å²) < 4.78 is 29.5. The summed E-state index contributed by atoms with van der Waals surface area (Å²) in [6.45, 7) is 1.58. The summed E-state index contributed by atoms with van der Waals surface area (Å²) in [6, 6.07) is 9.50. The summed E-state index contributed by atoms with van der Waals surface area (Å²) in [4.78, 5) is 11.5. The number of nitrogens with one attached hydrogen (secondary N) is 1. The maximum Gasteiger partial charge on any atom is 0.411 e. The van der Waals surface area contributed by atoms with Crippen molar-refractivity contribution in [3.8, 4) is 0 Å². The van der Waals surface area contributed by atoms with E-state index in [0.29, 0.717) is 5.69 Å². The Bertz CT molecular complexity index is 883. The number of carbonyl (C=O) groups is 1. The lowest BCUT2D eigenvalue weighted by atomic mass is 10.2. The summed E-state index contributed by atoms with van der Waals surface area (Å²) in [7, 11) is -3.78. The van der Waals surface area contributed by atoms with E-state index in [-0.39, 0.29) is 26.6 Å². The minimum absolute atomic E-state index is 0.0430. The third-order valence-corrected chi connectivity index (χ3v) is 6.05. The van der Waals surface area contributed by atoms with E-state index in [0.717, 1.165) is 5.56 Å². The lowest BCUT2D eigenvalue weighted by Gasteiger charge is -2.10. The van der Waals surface area contributed by atoms with Crippen molar-refractivity contribution in [3.05, 3.63) is 57.0 Å². The van der Waals surface area contributed by atoms with Gasteiger partial charge in [-0.3, -0.25) is 5.32 Å². The van der Waals surface area contributed by atoms with Gasteiger partial charge in [-0.1, -0.05) is 52.5 Å². The van der Waals surface area contributed by atoms with Crippen molar-refractivity contribution in [3.63, 3.8) is 0 Å². The fourth-order valence-corrected chi connectivity index (χ4v) is 4.03. The molecule has 0 saturated heterocycles. The number of carbonyl (C=O) groups excluding carboxylic acids is 1. The van der Waals surface area contributed by atoms with Gasteiger partial charge in [0.2, 0.25) is 0 Å². The normalized spacial score (nSPS) is 11.2. The highest BCUT2D eigenvalue weighted by Gasteiger charge is 2.20. The SMILES string of the molecule is Cc1ccc(NC(=O)OCCS(=O)(=O)c2cc(Cl)c(Cl)cc2Cl)cc1. The fourth-order valence-electron chi connectivity index (χ4n) is 1.89. The number of sulfone groups is 1. The van der Waals surface area contributed by atoms with E-state index >= 15 is 0 Å². The van der Waals surface area contributed by atoms with Crippen LogP contribution in [0.4, 0.5) is 10.5 Å². The Morgan fingerprint density at radius 1 is 1.04 bits per heavy atom. The quantitative estimate of drug-likeness (QED) is 0.690. The first-order valence-electron chi connectivity index (χ1n) is 7.07. The molecule has 0 aliphatic rings. The number of hydrogen-bond donors (Lipinski definition) is 1. The maximum absolute atomic E-state index is 12.3. The van der Waals surface area contributed by atoms with Crippen LogP contribution >= 0.6 is 34.8 Å². The number of halogens is 3. The van der Waals surface area contributed by atoms with Crippen molar-refractivity contribution in [1.29, 1.82) is 0 Å². The van der Waals surface area contributed by atoms with Gasteiger partial charge >= 0.3 is 6.09 Å². The Morgan fingerprint density at radius 2 is 1.64 bits per heavy atom. The second-order valence-corrected chi connectivity index (χ2v) is 8.44. The van der Waals surface area contributed by atoms with Crippen LogP contribution in [-0.2, 0) is 14.6 Å². The summed E-state index contributed by atoms with van der Waals surface area (Å²) in [5, 5.41) is 2.68. The molecule has 0 heterocycles. The van der Waals surface area contributed by atoms with Gasteiger partial charge in [0.1, 0.15) is 6.61 Å². The molecule has 0 aromatic heterocycles. The molecule has 0 saturated carbocycles. The molecule has 2 aromatic carbocycles. The minimum atomic E-state index is -3.78. The molecule has 2 rings (SSSR count). The van der Waals surface area contributed by atoms with Gasteiger partial charge in [-0.05, 0) is 31.2 Å². The maximum atomic E-state index is 12.3. The summed E-state index contributed by atoms with van der Waals surface area (Å²) in [5.41, 5.74) is 1.59.